The van der Waals surface area contributed by atoms with Gasteiger partial charge in [-0.2, -0.15) is 4.31 Å². The Bertz CT molecular complexity index is 660. The second-order valence-electron chi connectivity index (χ2n) is 6.03. The predicted molar refractivity (Wildman–Crippen MR) is 92.5 cm³/mol. The lowest BCUT2D eigenvalue weighted by molar-refractivity contribution is 0.0392. The lowest BCUT2D eigenvalue weighted by Crippen LogP contribution is -2.46. The molecule has 1 aromatic rings. The van der Waals surface area contributed by atoms with E-state index >= 15 is 0 Å². The lowest BCUT2D eigenvalue weighted by Gasteiger charge is -2.32. The molecule has 6 nitrogen and oxygen atoms in total. The minimum absolute atomic E-state index is 0.150. The number of hydrogen-bond donors (Lipinski definition) is 1. The van der Waals surface area contributed by atoms with Crippen molar-refractivity contribution in [3.8, 4) is 0 Å². The molecule has 0 radical (unpaired) electrons. The molecule has 1 amide bonds. The summed E-state index contributed by atoms with van der Waals surface area (Å²) in [5.41, 5.74) is 0.369. The molecule has 0 aromatic heterocycles. The Kier molecular flexibility index (Phi) is 6.77. The Morgan fingerprint density at radius 1 is 1.38 bits per heavy atom. The number of rotatable bonds is 7. The molecular weight excluding hydrogens is 328 g/mol. The predicted octanol–water partition coefficient (Wildman–Crippen LogP) is 2.02. The fourth-order valence-electron chi connectivity index (χ4n) is 2.68. The first kappa shape index (κ1) is 18.9. The number of carbonyl (C=O) groups is 1. The van der Waals surface area contributed by atoms with Crippen molar-refractivity contribution in [3.63, 3.8) is 0 Å². The van der Waals surface area contributed by atoms with Crippen LogP contribution in [0.15, 0.2) is 29.2 Å². The highest BCUT2D eigenvalue weighted by Crippen LogP contribution is 2.21. The van der Waals surface area contributed by atoms with Crippen LogP contribution in [-0.4, -0.2) is 51.0 Å². The Morgan fingerprint density at radius 2 is 2.17 bits per heavy atom. The highest BCUT2D eigenvalue weighted by atomic mass is 32.2. The summed E-state index contributed by atoms with van der Waals surface area (Å²) in [4.78, 5) is 12.3. The van der Waals surface area contributed by atoms with Crippen molar-refractivity contribution < 1.29 is 17.9 Å². The van der Waals surface area contributed by atoms with Gasteiger partial charge in [-0.1, -0.05) is 25.8 Å². The smallest absolute Gasteiger partial charge is 0.251 e. The van der Waals surface area contributed by atoms with Gasteiger partial charge < -0.3 is 10.1 Å². The molecule has 0 bridgehead atoms. The summed E-state index contributed by atoms with van der Waals surface area (Å²) >= 11 is 0. The average Bonchev–Trinajstić information content (AvgIpc) is 2.59. The van der Waals surface area contributed by atoms with Crippen LogP contribution < -0.4 is 5.32 Å². The van der Waals surface area contributed by atoms with Crippen molar-refractivity contribution in [1.29, 1.82) is 0 Å². The molecule has 2 rings (SSSR count). The topological polar surface area (TPSA) is 75.7 Å². The maximum Gasteiger partial charge on any atom is 0.251 e. The molecule has 0 aliphatic carbocycles. The molecule has 0 saturated carbocycles. The lowest BCUT2D eigenvalue weighted by atomic mass is 10.2. The summed E-state index contributed by atoms with van der Waals surface area (Å²) in [6, 6.07) is 6.02. The molecule has 1 aliphatic heterocycles. The zero-order valence-electron chi connectivity index (χ0n) is 14.3. The van der Waals surface area contributed by atoms with E-state index in [1.165, 1.54) is 16.4 Å². The maximum atomic E-state index is 12.8. The molecule has 1 aromatic carbocycles. The van der Waals surface area contributed by atoms with Crippen molar-refractivity contribution in [2.45, 2.75) is 44.0 Å². The quantitative estimate of drug-likeness (QED) is 0.760. The Labute approximate surface area is 144 Å². The summed E-state index contributed by atoms with van der Waals surface area (Å²) in [6.45, 7) is 5.63. The molecule has 1 saturated heterocycles. The standard InChI is InChI=1S/C17H26N2O4S/c1-3-4-5-9-18-17(20)15-7-6-8-16(12-15)24(21,22)19-10-11-23-13-14(19)2/h6-8,12,14H,3-5,9-11,13H2,1-2H3,(H,18,20). The number of sulfonamides is 1. The molecule has 1 N–H and O–H groups in total. The normalized spacial score (nSPS) is 19.2. The second-order valence-corrected chi connectivity index (χ2v) is 7.92. The zero-order valence-corrected chi connectivity index (χ0v) is 15.1. The first-order chi connectivity index (χ1) is 11.5. The van der Waals surface area contributed by atoms with Gasteiger partial charge in [-0.25, -0.2) is 8.42 Å². The van der Waals surface area contributed by atoms with E-state index in [2.05, 4.69) is 12.2 Å². The second kappa shape index (κ2) is 8.60. The molecule has 7 heteroatoms. The SMILES string of the molecule is CCCCCNC(=O)c1cccc(S(=O)(=O)N2CCOCC2C)c1. The van der Waals surface area contributed by atoms with Crippen molar-refractivity contribution >= 4 is 15.9 Å². The number of hydrogen-bond acceptors (Lipinski definition) is 4. The first-order valence-electron chi connectivity index (χ1n) is 8.44. The minimum Gasteiger partial charge on any atom is -0.378 e. The summed E-state index contributed by atoms with van der Waals surface area (Å²) in [6.07, 6.45) is 3.07. The van der Waals surface area contributed by atoms with Gasteiger partial charge in [0.2, 0.25) is 10.0 Å². The van der Waals surface area contributed by atoms with Gasteiger partial charge in [0.05, 0.1) is 18.1 Å². The number of amides is 1. The van der Waals surface area contributed by atoms with Crippen molar-refractivity contribution in [2.75, 3.05) is 26.3 Å². The van der Waals surface area contributed by atoms with Crippen molar-refractivity contribution in [3.05, 3.63) is 29.8 Å². The Hall–Kier alpha value is -1.44. The van der Waals surface area contributed by atoms with Gasteiger partial charge in [0.15, 0.2) is 0 Å². The van der Waals surface area contributed by atoms with Crippen LogP contribution in [0.5, 0.6) is 0 Å². The van der Waals surface area contributed by atoms with Gasteiger partial charge in [-0.15, -0.1) is 0 Å². The number of nitrogens with one attached hydrogen (secondary N) is 1. The largest absolute Gasteiger partial charge is 0.378 e. The molecule has 1 heterocycles. The zero-order chi connectivity index (χ0) is 17.6. The summed E-state index contributed by atoms with van der Waals surface area (Å²) in [5, 5.41) is 2.83. The number of unbranched alkanes of at least 4 members (excludes halogenated alkanes) is 2. The number of ether oxygens (including phenoxy) is 1. The van der Waals surface area contributed by atoms with E-state index < -0.39 is 10.0 Å². The third-order valence-electron chi connectivity index (χ3n) is 4.08. The van der Waals surface area contributed by atoms with E-state index in [0.29, 0.717) is 31.9 Å². The highest BCUT2D eigenvalue weighted by Gasteiger charge is 2.31. The van der Waals surface area contributed by atoms with Crippen LogP contribution in [0.1, 0.15) is 43.5 Å². The van der Waals surface area contributed by atoms with E-state index in [-0.39, 0.29) is 16.8 Å². The van der Waals surface area contributed by atoms with Crippen LogP contribution >= 0.6 is 0 Å². The highest BCUT2D eigenvalue weighted by molar-refractivity contribution is 7.89. The van der Waals surface area contributed by atoms with E-state index in [9.17, 15) is 13.2 Å². The number of nitrogens with zero attached hydrogens (tertiary/aromatic N) is 1. The van der Waals surface area contributed by atoms with E-state index in [1.807, 2.05) is 6.92 Å². The summed E-state index contributed by atoms with van der Waals surface area (Å²) in [5.74, 6) is -0.238. The number of benzene rings is 1. The molecular formula is C17H26N2O4S. The van der Waals surface area contributed by atoms with Crippen LogP contribution in [0.4, 0.5) is 0 Å². The summed E-state index contributed by atoms with van der Waals surface area (Å²) in [7, 11) is -3.62. The minimum atomic E-state index is -3.62. The van der Waals surface area contributed by atoms with Gasteiger partial charge in [0.25, 0.3) is 5.91 Å². The molecule has 1 unspecified atom stereocenters. The Morgan fingerprint density at radius 3 is 2.88 bits per heavy atom. The van der Waals surface area contributed by atoms with Gasteiger partial charge in [0.1, 0.15) is 0 Å². The number of morpholine rings is 1. The van der Waals surface area contributed by atoms with Gasteiger partial charge in [-0.05, 0) is 31.5 Å². The summed E-state index contributed by atoms with van der Waals surface area (Å²) < 4.78 is 32.4. The molecule has 1 fully saturated rings. The molecule has 134 valence electrons. The van der Waals surface area contributed by atoms with E-state index in [0.717, 1.165) is 19.3 Å². The van der Waals surface area contributed by atoms with Crippen LogP contribution in [-0.2, 0) is 14.8 Å². The fraction of sp³-hybridized carbons (Fsp3) is 0.588. The van der Waals surface area contributed by atoms with Gasteiger partial charge in [0, 0.05) is 24.7 Å². The first-order valence-corrected chi connectivity index (χ1v) is 9.88. The number of carbonyl (C=O) groups excluding carboxylic acids is 1. The fourth-order valence-corrected chi connectivity index (χ4v) is 4.33. The molecule has 24 heavy (non-hydrogen) atoms. The van der Waals surface area contributed by atoms with Crippen molar-refractivity contribution in [2.24, 2.45) is 0 Å². The van der Waals surface area contributed by atoms with E-state index in [4.69, 9.17) is 4.74 Å². The Balaban J connectivity index is 2.12. The third kappa shape index (κ3) is 4.55. The third-order valence-corrected chi connectivity index (χ3v) is 6.08. The van der Waals surface area contributed by atoms with Crippen LogP contribution in [0.3, 0.4) is 0 Å². The van der Waals surface area contributed by atoms with Crippen molar-refractivity contribution in [1.82, 2.24) is 9.62 Å². The van der Waals surface area contributed by atoms with Crippen LogP contribution in [0, 0.1) is 0 Å². The monoisotopic (exact) mass is 354 g/mol. The molecule has 1 atom stereocenters. The maximum absolute atomic E-state index is 12.8. The average molecular weight is 354 g/mol. The van der Waals surface area contributed by atoms with Gasteiger partial charge in [-0.3, -0.25) is 4.79 Å². The van der Waals surface area contributed by atoms with Crippen LogP contribution in [0.2, 0.25) is 0 Å². The molecule has 1 aliphatic rings. The van der Waals surface area contributed by atoms with Crippen LogP contribution in [0.25, 0.3) is 0 Å². The van der Waals surface area contributed by atoms with E-state index in [1.54, 1.807) is 12.1 Å². The van der Waals surface area contributed by atoms with Gasteiger partial charge >= 0.3 is 0 Å². The molecule has 0 spiro atoms.